The standard InChI is InChI=1S/C18H19N3O2/c1-12-9-15-16(21(3)18(23)20(15)2)11-14(12)19-17(22)10-13-7-5-4-6-8-13/h4-9,11H,10H2,1-3H3,(H,19,22). The molecular formula is C18H19N3O2. The number of rotatable bonds is 3. The molecule has 0 spiro atoms. The summed E-state index contributed by atoms with van der Waals surface area (Å²) >= 11 is 0. The average Bonchev–Trinajstić information content (AvgIpc) is 2.73. The van der Waals surface area contributed by atoms with Crippen molar-refractivity contribution in [2.45, 2.75) is 13.3 Å². The van der Waals surface area contributed by atoms with E-state index in [1.54, 1.807) is 23.2 Å². The molecule has 0 saturated carbocycles. The van der Waals surface area contributed by atoms with Gasteiger partial charge in [-0.25, -0.2) is 4.79 Å². The number of nitrogens with zero attached hydrogens (tertiary/aromatic N) is 2. The minimum atomic E-state index is -0.0767. The van der Waals surface area contributed by atoms with Gasteiger partial charge in [0.15, 0.2) is 0 Å². The monoisotopic (exact) mass is 309 g/mol. The van der Waals surface area contributed by atoms with Crippen molar-refractivity contribution in [1.82, 2.24) is 9.13 Å². The zero-order chi connectivity index (χ0) is 16.6. The summed E-state index contributed by atoms with van der Waals surface area (Å²) in [5.41, 5.74) is 4.22. The molecule has 3 rings (SSSR count). The Morgan fingerprint density at radius 2 is 1.65 bits per heavy atom. The van der Waals surface area contributed by atoms with Gasteiger partial charge in [-0.3, -0.25) is 13.9 Å². The number of imidazole rings is 1. The SMILES string of the molecule is Cc1cc2c(cc1NC(=O)Cc1ccccc1)n(C)c(=O)n2C. The lowest BCUT2D eigenvalue weighted by Gasteiger charge is -2.09. The molecule has 0 aliphatic rings. The summed E-state index contributed by atoms with van der Waals surface area (Å²) in [5, 5.41) is 2.94. The molecule has 0 atom stereocenters. The summed E-state index contributed by atoms with van der Waals surface area (Å²) < 4.78 is 3.19. The fourth-order valence-corrected chi connectivity index (χ4v) is 2.76. The lowest BCUT2D eigenvalue weighted by Crippen LogP contribution is -2.19. The quantitative estimate of drug-likeness (QED) is 0.807. The first-order chi connectivity index (χ1) is 11.0. The molecule has 0 fully saturated rings. The molecule has 118 valence electrons. The molecule has 1 N–H and O–H groups in total. The molecule has 2 aromatic carbocycles. The van der Waals surface area contributed by atoms with E-state index in [1.165, 1.54) is 0 Å². The van der Waals surface area contributed by atoms with Crippen LogP contribution in [0.1, 0.15) is 11.1 Å². The highest BCUT2D eigenvalue weighted by atomic mass is 16.2. The number of aromatic nitrogens is 2. The molecule has 0 aliphatic carbocycles. The maximum Gasteiger partial charge on any atom is 0.328 e. The predicted octanol–water partition coefficient (Wildman–Crippen LogP) is 2.37. The number of benzene rings is 2. The van der Waals surface area contributed by atoms with Gasteiger partial charge in [0, 0.05) is 19.8 Å². The van der Waals surface area contributed by atoms with Crippen LogP contribution in [0.3, 0.4) is 0 Å². The maximum atomic E-state index is 12.2. The second-order valence-corrected chi connectivity index (χ2v) is 5.77. The highest BCUT2D eigenvalue weighted by molar-refractivity contribution is 5.95. The first-order valence-electron chi connectivity index (χ1n) is 7.47. The lowest BCUT2D eigenvalue weighted by atomic mass is 10.1. The van der Waals surface area contributed by atoms with Crippen LogP contribution in [0, 0.1) is 6.92 Å². The van der Waals surface area contributed by atoms with Gasteiger partial charge in [-0.1, -0.05) is 30.3 Å². The number of carbonyl (C=O) groups is 1. The molecule has 5 nitrogen and oxygen atoms in total. The third kappa shape index (κ3) is 2.77. The summed E-state index contributed by atoms with van der Waals surface area (Å²) in [6, 6.07) is 13.4. The van der Waals surface area contributed by atoms with Crippen molar-refractivity contribution in [3.8, 4) is 0 Å². The Kier molecular flexibility index (Phi) is 3.78. The van der Waals surface area contributed by atoms with E-state index in [1.807, 2.05) is 49.4 Å². The number of carbonyl (C=O) groups excluding carboxylic acids is 1. The minimum Gasteiger partial charge on any atom is -0.325 e. The maximum absolute atomic E-state index is 12.2. The highest BCUT2D eigenvalue weighted by Gasteiger charge is 2.12. The van der Waals surface area contributed by atoms with E-state index < -0.39 is 0 Å². The van der Waals surface area contributed by atoms with E-state index in [0.29, 0.717) is 6.42 Å². The van der Waals surface area contributed by atoms with Crippen LogP contribution in [0.25, 0.3) is 11.0 Å². The molecule has 1 aromatic heterocycles. The van der Waals surface area contributed by atoms with Crippen LogP contribution in [0.15, 0.2) is 47.3 Å². The largest absolute Gasteiger partial charge is 0.328 e. The molecule has 0 aliphatic heterocycles. The van der Waals surface area contributed by atoms with Crippen molar-refractivity contribution in [2.24, 2.45) is 14.1 Å². The second kappa shape index (κ2) is 5.76. The van der Waals surface area contributed by atoms with Crippen LogP contribution < -0.4 is 11.0 Å². The topological polar surface area (TPSA) is 56.0 Å². The van der Waals surface area contributed by atoms with Crippen LogP contribution >= 0.6 is 0 Å². The summed E-state index contributed by atoms with van der Waals surface area (Å²) in [4.78, 5) is 24.3. The first kappa shape index (κ1) is 15.1. The molecule has 1 amide bonds. The molecule has 0 radical (unpaired) electrons. The zero-order valence-corrected chi connectivity index (χ0v) is 13.5. The third-order valence-electron chi connectivity index (χ3n) is 4.10. The van der Waals surface area contributed by atoms with Gasteiger partial charge in [0.1, 0.15) is 0 Å². The predicted molar refractivity (Wildman–Crippen MR) is 91.7 cm³/mol. The second-order valence-electron chi connectivity index (χ2n) is 5.77. The van der Waals surface area contributed by atoms with E-state index in [0.717, 1.165) is 27.8 Å². The minimum absolute atomic E-state index is 0.0698. The Hall–Kier alpha value is -2.82. The number of hydrogen-bond donors (Lipinski definition) is 1. The van der Waals surface area contributed by atoms with Crippen LogP contribution in [0.4, 0.5) is 5.69 Å². The normalized spacial score (nSPS) is 10.9. The molecule has 5 heteroatoms. The van der Waals surface area contributed by atoms with Crippen molar-refractivity contribution < 1.29 is 4.79 Å². The zero-order valence-electron chi connectivity index (χ0n) is 13.5. The lowest BCUT2D eigenvalue weighted by molar-refractivity contribution is -0.115. The number of fused-ring (bicyclic) bond motifs is 1. The van der Waals surface area contributed by atoms with Gasteiger partial charge in [-0.15, -0.1) is 0 Å². The number of anilines is 1. The van der Waals surface area contributed by atoms with Crippen LogP contribution in [0.2, 0.25) is 0 Å². The summed E-state index contributed by atoms with van der Waals surface area (Å²) in [5.74, 6) is -0.0698. The van der Waals surface area contributed by atoms with Gasteiger partial charge >= 0.3 is 5.69 Å². The van der Waals surface area contributed by atoms with Gasteiger partial charge in [-0.2, -0.15) is 0 Å². The molecule has 0 saturated heterocycles. The fourth-order valence-electron chi connectivity index (χ4n) is 2.76. The van der Waals surface area contributed by atoms with Crippen molar-refractivity contribution in [2.75, 3.05) is 5.32 Å². The van der Waals surface area contributed by atoms with Gasteiger partial charge < -0.3 is 5.32 Å². The highest BCUT2D eigenvalue weighted by Crippen LogP contribution is 2.22. The summed E-state index contributed by atoms with van der Waals surface area (Å²) in [6.07, 6.45) is 0.325. The van der Waals surface area contributed by atoms with E-state index >= 15 is 0 Å². The van der Waals surface area contributed by atoms with Crippen LogP contribution in [-0.2, 0) is 25.3 Å². The number of aryl methyl sites for hydroxylation is 3. The van der Waals surface area contributed by atoms with Gasteiger partial charge in [0.2, 0.25) is 5.91 Å². The van der Waals surface area contributed by atoms with Crippen LogP contribution in [-0.4, -0.2) is 15.0 Å². The summed E-state index contributed by atoms with van der Waals surface area (Å²) in [7, 11) is 3.48. The van der Waals surface area contributed by atoms with E-state index in [-0.39, 0.29) is 11.6 Å². The first-order valence-corrected chi connectivity index (χ1v) is 7.47. The van der Waals surface area contributed by atoms with E-state index in [2.05, 4.69) is 5.32 Å². The molecule has 1 heterocycles. The average molecular weight is 309 g/mol. The number of nitrogens with one attached hydrogen (secondary N) is 1. The Labute approximate surface area is 134 Å². The fraction of sp³-hybridized carbons (Fsp3) is 0.222. The molecule has 0 unspecified atom stereocenters. The Bertz CT molecular complexity index is 936. The molecule has 0 bridgehead atoms. The Morgan fingerprint density at radius 3 is 2.30 bits per heavy atom. The van der Waals surface area contributed by atoms with Crippen molar-refractivity contribution in [1.29, 1.82) is 0 Å². The van der Waals surface area contributed by atoms with E-state index in [4.69, 9.17) is 0 Å². The molecule has 3 aromatic rings. The van der Waals surface area contributed by atoms with Gasteiger partial charge in [-0.05, 0) is 30.2 Å². The van der Waals surface area contributed by atoms with Gasteiger partial charge in [0.25, 0.3) is 0 Å². The Balaban J connectivity index is 1.91. The Morgan fingerprint density at radius 1 is 1.04 bits per heavy atom. The van der Waals surface area contributed by atoms with Crippen LogP contribution in [0.5, 0.6) is 0 Å². The third-order valence-corrected chi connectivity index (χ3v) is 4.10. The van der Waals surface area contributed by atoms with Gasteiger partial charge in [0.05, 0.1) is 17.5 Å². The smallest absolute Gasteiger partial charge is 0.325 e. The molecule has 23 heavy (non-hydrogen) atoms. The summed E-state index contributed by atoms with van der Waals surface area (Å²) in [6.45, 7) is 1.93. The number of hydrogen-bond acceptors (Lipinski definition) is 2. The number of amides is 1. The van der Waals surface area contributed by atoms with Crippen molar-refractivity contribution >= 4 is 22.6 Å². The van der Waals surface area contributed by atoms with Crippen molar-refractivity contribution in [3.63, 3.8) is 0 Å². The van der Waals surface area contributed by atoms with Crippen molar-refractivity contribution in [3.05, 3.63) is 64.1 Å². The van der Waals surface area contributed by atoms with E-state index in [9.17, 15) is 9.59 Å². The molecular weight excluding hydrogens is 290 g/mol.